The second-order valence-electron chi connectivity index (χ2n) is 4.68. The third-order valence-corrected chi connectivity index (χ3v) is 4.81. The van der Waals surface area contributed by atoms with Crippen LogP contribution in [0.1, 0.15) is 0 Å². The standard InChI is InChI=1S/C18H14O3S2/c19-23(20)16-12-10-15(11-13-16)22-18-9-5-4-8-17(18)21-14-6-2-1-3-7-14/h1-13H,(H,19,20). The van der Waals surface area contributed by atoms with E-state index in [2.05, 4.69) is 0 Å². The van der Waals surface area contributed by atoms with E-state index in [0.29, 0.717) is 4.90 Å². The van der Waals surface area contributed by atoms with E-state index in [1.165, 1.54) is 0 Å². The lowest BCUT2D eigenvalue weighted by molar-refractivity contribution is 0.471. The first-order valence-corrected chi connectivity index (χ1v) is 8.85. The van der Waals surface area contributed by atoms with Crippen LogP contribution in [0.4, 0.5) is 0 Å². The second-order valence-corrected chi connectivity index (χ2v) is 6.77. The highest BCUT2D eigenvalue weighted by atomic mass is 32.2. The average molecular weight is 342 g/mol. The molecule has 0 radical (unpaired) electrons. The fourth-order valence-electron chi connectivity index (χ4n) is 1.99. The zero-order valence-electron chi connectivity index (χ0n) is 12.1. The van der Waals surface area contributed by atoms with Crippen LogP contribution in [0.25, 0.3) is 0 Å². The van der Waals surface area contributed by atoms with Crippen molar-refractivity contribution in [3.63, 3.8) is 0 Å². The van der Waals surface area contributed by atoms with E-state index in [9.17, 15) is 4.21 Å². The molecule has 3 nitrogen and oxygen atoms in total. The topological polar surface area (TPSA) is 46.5 Å². The van der Waals surface area contributed by atoms with Crippen LogP contribution in [-0.2, 0) is 11.1 Å². The first-order chi connectivity index (χ1) is 11.2. The van der Waals surface area contributed by atoms with Gasteiger partial charge in [-0.3, -0.25) is 0 Å². The molecule has 23 heavy (non-hydrogen) atoms. The highest BCUT2D eigenvalue weighted by Gasteiger charge is 2.07. The molecule has 0 saturated heterocycles. The molecular weight excluding hydrogens is 328 g/mol. The van der Waals surface area contributed by atoms with Crippen LogP contribution in [0, 0.1) is 0 Å². The summed E-state index contributed by atoms with van der Waals surface area (Å²) in [4.78, 5) is 2.35. The quantitative estimate of drug-likeness (QED) is 0.647. The van der Waals surface area contributed by atoms with Gasteiger partial charge in [0.25, 0.3) is 0 Å². The number of rotatable bonds is 5. The van der Waals surface area contributed by atoms with Gasteiger partial charge in [-0.15, -0.1) is 0 Å². The van der Waals surface area contributed by atoms with Crippen LogP contribution in [0.3, 0.4) is 0 Å². The minimum Gasteiger partial charge on any atom is -0.456 e. The van der Waals surface area contributed by atoms with Crippen LogP contribution in [0.15, 0.2) is 93.5 Å². The molecule has 1 atom stereocenters. The number of benzene rings is 3. The maximum absolute atomic E-state index is 11.0. The molecule has 1 unspecified atom stereocenters. The predicted molar refractivity (Wildman–Crippen MR) is 92.6 cm³/mol. The van der Waals surface area contributed by atoms with Gasteiger partial charge < -0.3 is 9.29 Å². The largest absolute Gasteiger partial charge is 0.456 e. The summed E-state index contributed by atoms with van der Waals surface area (Å²) in [6.45, 7) is 0. The lowest BCUT2D eigenvalue weighted by atomic mass is 10.3. The molecular formula is C18H14O3S2. The van der Waals surface area contributed by atoms with Gasteiger partial charge in [-0.2, -0.15) is 0 Å². The molecule has 3 aromatic rings. The normalized spacial score (nSPS) is 11.9. The van der Waals surface area contributed by atoms with Gasteiger partial charge in [-0.1, -0.05) is 42.1 Å². The Balaban J connectivity index is 1.81. The van der Waals surface area contributed by atoms with Crippen LogP contribution in [-0.4, -0.2) is 8.76 Å². The van der Waals surface area contributed by atoms with Crippen molar-refractivity contribution in [2.24, 2.45) is 0 Å². The molecule has 0 heterocycles. The monoisotopic (exact) mass is 342 g/mol. The van der Waals surface area contributed by atoms with Crippen molar-refractivity contribution in [2.75, 3.05) is 0 Å². The van der Waals surface area contributed by atoms with Gasteiger partial charge in [0.05, 0.1) is 9.79 Å². The molecule has 0 amide bonds. The zero-order valence-corrected chi connectivity index (χ0v) is 13.7. The van der Waals surface area contributed by atoms with Gasteiger partial charge in [-0.25, -0.2) is 4.21 Å². The van der Waals surface area contributed by atoms with E-state index in [0.717, 1.165) is 21.3 Å². The number of para-hydroxylation sites is 2. The Labute approximate surface area is 141 Å². The fourth-order valence-corrected chi connectivity index (χ4v) is 3.24. The van der Waals surface area contributed by atoms with Crippen molar-refractivity contribution in [1.82, 2.24) is 0 Å². The van der Waals surface area contributed by atoms with Gasteiger partial charge in [-0.05, 0) is 48.5 Å². The van der Waals surface area contributed by atoms with Crippen LogP contribution in [0.2, 0.25) is 0 Å². The molecule has 0 bridgehead atoms. The first kappa shape index (κ1) is 15.8. The van der Waals surface area contributed by atoms with E-state index >= 15 is 0 Å². The predicted octanol–water partition coefficient (Wildman–Crippen LogP) is 5.21. The van der Waals surface area contributed by atoms with Crippen molar-refractivity contribution in [3.05, 3.63) is 78.9 Å². The number of hydrogen-bond donors (Lipinski definition) is 1. The summed E-state index contributed by atoms with van der Waals surface area (Å²) in [6.07, 6.45) is 0. The molecule has 1 N–H and O–H groups in total. The SMILES string of the molecule is O=S(O)c1ccc(Sc2ccccc2Oc2ccccc2)cc1. The van der Waals surface area contributed by atoms with E-state index < -0.39 is 11.1 Å². The Morgan fingerprint density at radius 2 is 1.48 bits per heavy atom. The summed E-state index contributed by atoms with van der Waals surface area (Å²) in [5.74, 6) is 1.56. The van der Waals surface area contributed by atoms with Crippen molar-refractivity contribution >= 4 is 22.8 Å². The average Bonchev–Trinajstić information content (AvgIpc) is 2.58. The first-order valence-electron chi connectivity index (χ1n) is 6.93. The van der Waals surface area contributed by atoms with Crippen molar-refractivity contribution in [1.29, 1.82) is 0 Å². The van der Waals surface area contributed by atoms with Crippen molar-refractivity contribution in [2.45, 2.75) is 14.7 Å². The highest BCUT2D eigenvalue weighted by molar-refractivity contribution is 7.99. The summed E-state index contributed by atoms with van der Waals surface area (Å²) in [7, 11) is 0. The summed E-state index contributed by atoms with van der Waals surface area (Å²) in [5.41, 5.74) is 0. The van der Waals surface area contributed by atoms with Gasteiger partial charge in [0.1, 0.15) is 11.5 Å². The van der Waals surface area contributed by atoms with Gasteiger partial charge in [0, 0.05) is 4.90 Å². The van der Waals surface area contributed by atoms with Gasteiger partial charge in [0.2, 0.25) is 0 Å². The van der Waals surface area contributed by atoms with E-state index in [4.69, 9.17) is 9.29 Å². The minimum atomic E-state index is -1.95. The van der Waals surface area contributed by atoms with Crippen LogP contribution < -0.4 is 4.74 Å². The molecule has 0 aliphatic rings. The van der Waals surface area contributed by atoms with Crippen molar-refractivity contribution in [3.8, 4) is 11.5 Å². The maximum Gasteiger partial charge on any atom is 0.186 e. The summed E-state index contributed by atoms with van der Waals surface area (Å²) < 4.78 is 26.0. The Morgan fingerprint density at radius 3 is 2.17 bits per heavy atom. The summed E-state index contributed by atoms with van der Waals surface area (Å²) in [6, 6.07) is 24.4. The zero-order chi connectivity index (χ0) is 16.1. The van der Waals surface area contributed by atoms with E-state index in [1.807, 2.05) is 66.7 Å². The summed E-state index contributed by atoms with van der Waals surface area (Å²) in [5, 5.41) is 0. The number of ether oxygens (including phenoxy) is 1. The molecule has 0 saturated carbocycles. The second kappa shape index (κ2) is 7.46. The molecule has 3 rings (SSSR count). The number of hydrogen-bond acceptors (Lipinski definition) is 3. The third kappa shape index (κ3) is 4.22. The molecule has 0 fully saturated rings. The lowest BCUT2D eigenvalue weighted by Gasteiger charge is -2.10. The molecule has 5 heteroatoms. The van der Waals surface area contributed by atoms with Crippen LogP contribution >= 0.6 is 11.8 Å². The Bertz CT molecular complexity index is 802. The molecule has 0 aliphatic carbocycles. The Hall–Kier alpha value is -2.08. The third-order valence-electron chi connectivity index (χ3n) is 3.07. The lowest BCUT2D eigenvalue weighted by Crippen LogP contribution is -1.88. The van der Waals surface area contributed by atoms with Crippen LogP contribution in [0.5, 0.6) is 11.5 Å². The molecule has 0 aromatic heterocycles. The minimum absolute atomic E-state index is 0.392. The highest BCUT2D eigenvalue weighted by Crippen LogP contribution is 2.37. The van der Waals surface area contributed by atoms with Gasteiger partial charge in [0.15, 0.2) is 11.1 Å². The Kier molecular flexibility index (Phi) is 5.12. The molecule has 0 spiro atoms. The van der Waals surface area contributed by atoms with Crippen molar-refractivity contribution < 1.29 is 13.5 Å². The molecule has 0 aliphatic heterocycles. The Morgan fingerprint density at radius 1 is 0.826 bits per heavy atom. The smallest absolute Gasteiger partial charge is 0.186 e. The molecule has 116 valence electrons. The molecule has 3 aromatic carbocycles. The fraction of sp³-hybridized carbons (Fsp3) is 0. The van der Waals surface area contributed by atoms with Gasteiger partial charge >= 0.3 is 0 Å². The van der Waals surface area contributed by atoms with E-state index in [-0.39, 0.29) is 0 Å². The maximum atomic E-state index is 11.0. The summed E-state index contributed by atoms with van der Waals surface area (Å²) >= 11 is -0.400. The van der Waals surface area contributed by atoms with E-state index in [1.54, 1.807) is 23.9 Å².